The Balaban J connectivity index is 1.87. The van der Waals surface area contributed by atoms with Crippen LogP contribution in [-0.4, -0.2) is 20.5 Å². The molecule has 2 aromatic heterocycles. The standard InChI is InChI=1S/C14H11BrN4O/c1-9-5-13-16-7-12(8-19(13)18-9)17-14(20)10-3-2-4-11(15)6-10/h2-8H,1H3,(H,17,20). The van der Waals surface area contributed by atoms with Crippen LogP contribution in [0.4, 0.5) is 5.69 Å². The highest BCUT2D eigenvalue weighted by Gasteiger charge is 2.08. The van der Waals surface area contributed by atoms with Gasteiger partial charge in [-0.3, -0.25) is 4.79 Å². The molecule has 1 amide bonds. The summed E-state index contributed by atoms with van der Waals surface area (Å²) in [7, 11) is 0. The molecule has 5 nitrogen and oxygen atoms in total. The fraction of sp³-hybridized carbons (Fsp3) is 0.0714. The van der Waals surface area contributed by atoms with E-state index in [1.807, 2.05) is 25.1 Å². The number of halogens is 1. The SMILES string of the molecule is Cc1cc2ncc(NC(=O)c3cccc(Br)c3)cn2n1. The van der Waals surface area contributed by atoms with Gasteiger partial charge in [0.1, 0.15) is 0 Å². The van der Waals surface area contributed by atoms with E-state index in [1.165, 1.54) is 0 Å². The van der Waals surface area contributed by atoms with Gasteiger partial charge in [0.15, 0.2) is 5.65 Å². The Kier molecular flexibility index (Phi) is 3.23. The molecule has 0 fully saturated rings. The molecule has 3 aromatic rings. The van der Waals surface area contributed by atoms with Crippen molar-refractivity contribution < 1.29 is 4.79 Å². The second kappa shape index (κ2) is 5.05. The molecular formula is C14H11BrN4O. The van der Waals surface area contributed by atoms with Gasteiger partial charge in [0, 0.05) is 16.1 Å². The Hall–Kier alpha value is -2.21. The maximum Gasteiger partial charge on any atom is 0.255 e. The Morgan fingerprint density at radius 3 is 3.00 bits per heavy atom. The Labute approximate surface area is 123 Å². The molecule has 0 saturated heterocycles. The van der Waals surface area contributed by atoms with Crippen molar-refractivity contribution >= 4 is 33.2 Å². The quantitative estimate of drug-likeness (QED) is 0.785. The van der Waals surface area contributed by atoms with Gasteiger partial charge in [0.05, 0.1) is 23.8 Å². The molecule has 0 unspecified atom stereocenters. The minimum Gasteiger partial charge on any atom is -0.319 e. The molecule has 1 N–H and O–H groups in total. The molecule has 0 spiro atoms. The number of nitrogens with one attached hydrogen (secondary N) is 1. The molecule has 2 heterocycles. The first kappa shape index (κ1) is 12.8. The maximum absolute atomic E-state index is 12.1. The zero-order valence-electron chi connectivity index (χ0n) is 10.7. The highest BCUT2D eigenvalue weighted by Crippen LogP contribution is 2.14. The third kappa shape index (κ3) is 2.55. The van der Waals surface area contributed by atoms with E-state index in [4.69, 9.17) is 0 Å². The summed E-state index contributed by atoms with van der Waals surface area (Å²) < 4.78 is 2.51. The molecule has 20 heavy (non-hydrogen) atoms. The van der Waals surface area contributed by atoms with Gasteiger partial charge in [0.25, 0.3) is 5.91 Å². The summed E-state index contributed by atoms with van der Waals surface area (Å²) in [6.07, 6.45) is 3.36. The predicted octanol–water partition coefficient (Wildman–Crippen LogP) is 3.05. The van der Waals surface area contributed by atoms with Crippen molar-refractivity contribution in [3.8, 4) is 0 Å². The molecule has 0 aliphatic rings. The van der Waals surface area contributed by atoms with Crippen molar-refractivity contribution in [3.63, 3.8) is 0 Å². The zero-order valence-corrected chi connectivity index (χ0v) is 12.3. The number of carbonyl (C=O) groups is 1. The highest BCUT2D eigenvalue weighted by atomic mass is 79.9. The molecule has 0 bridgehead atoms. The fourth-order valence-electron chi connectivity index (χ4n) is 1.89. The molecule has 3 rings (SSSR count). The first-order chi connectivity index (χ1) is 9.61. The van der Waals surface area contributed by atoms with Crippen LogP contribution in [0.1, 0.15) is 16.1 Å². The van der Waals surface area contributed by atoms with Crippen LogP contribution in [0.2, 0.25) is 0 Å². The van der Waals surface area contributed by atoms with Crippen molar-refractivity contribution in [2.45, 2.75) is 6.92 Å². The number of aryl methyl sites for hydroxylation is 1. The number of rotatable bonds is 2. The summed E-state index contributed by atoms with van der Waals surface area (Å²) in [6.45, 7) is 1.90. The highest BCUT2D eigenvalue weighted by molar-refractivity contribution is 9.10. The minimum absolute atomic E-state index is 0.184. The van der Waals surface area contributed by atoms with E-state index in [2.05, 4.69) is 31.3 Å². The lowest BCUT2D eigenvalue weighted by atomic mass is 10.2. The number of fused-ring (bicyclic) bond motifs is 1. The Morgan fingerprint density at radius 1 is 1.35 bits per heavy atom. The van der Waals surface area contributed by atoms with Gasteiger partial charge < -0.3 is 5.32 Å². The van der Waals surface area contributed by atoms with E-state index in [-0.39, 0.29) is 5.91 Å². The maximum atomic E-state index is 12.1. The molecule has 100 valence electrons. The van der Waals surface area contributed by atoms with E-state index < -0.39 is 0 Å². The summed E-state index contributed by atoms with van der Waals surface area (Å²) in [5.74, 6) is -0.184. The van der Waals surface area contributed by atoms with Gasteiger partial charge >= 0.3 is 0 Å². The van der Waals surface area contributed by atoms with Crippen molar-refractivity contribution in [2.75, 3.05) is 5.32 Å². The first-order valence-electron chi connectivity index (χ1n) is 6.01. The number of anilines is 1. The van der Waals surface area contributed by atoms with Crippen molar-refractivity contribution in [1.29, 1.82) is 0 Å². The lowest BCUT2D eigenvalue weighted by molar-refractivity contribution is 0.102. The van der Waals surface area contributed by atoms with Crippen LogP contribution in [0.3, 0.4) is 0 Å². The first-order valence-corrected chi connectivity index (χ1v) is 6.80. The van der Waals surface area contributed by atoms with E-state index >= 15 is 0 Å². The number of nitrogens with zero attached hydrogens (tertiary/aromatic N) is 3. The van der Waals surface area contributed by atoms with Crippen LogP contribution < -0.4 is 5.32 Å². The predicted molar refractivity (Wildman–Crippen MR) is 79.8 cm³/mol. The topological polar surface area (TPSA) is 59.3 Å². The van der Waals surface area contributed by atoms with E-state index in [0.29, 0.717) is 11.3 Å². The van der Waals surface area contributed by atoms with Crippen LogP contribution in [0.15, 0.2) is 47.2 Å². The average molecular weight is 331 g/mol. The molecule has 1 aromatic carbocycles. The van der Waals surface area contributed by atoms with Crippen LogP contribution in [0, 0.1) is 6.92 Å². The number of carbonyl (C=O) groups excluding carboxylic acids is 1. The lowest BCUT2D eigenvalue weighted by Crippen LogP contribution is -2.12. The van der Waals surface area contributed by atoms with Crippen molar-refractivity contribution in [3.05, 3.63) is 58.5 Å². The Morgan fingerprint density at radius 2 is 2.20 bits per heavy atom. The van der Waals surface area contributed by atoms with Crippen molar-refractivity contribution in [2.24, 2.45) is 0 Å². The molecule has 0 atom stereocenters. The normalized spacial score (nSPS) is 10.7. The monoisotopic (exact) mass is 330 g/mol. The third-order valence-electron chi connectivity index (χ3n) is 2.78. The number of aromatic nitrogens is 3. The van der Waals surface area contributed by atoms with Crippen LogP contribution in [0.5, 0.6) is 0 Å². The molecule has 0 saturated carbocycles. The fourth-order valence-corrected chi connectivity index (χ4v) is 2.29. The molecule has 6 heteroatoms. The van der Waals surface area contributed by atoms with Gasteiger partial charge in [-0.15, -0.1) is 0 Å². The van der Waals surface area contributed by atoms with Gasteiger partial charge in [0.2, 0.25) is 0 Å². The smallest absolute Gasteiger partial charge is 0.255 e. The summed E-state index contributed by atoms with van der Waals surface area (Å²) in [5, 5.41) is 7.07. The van der Waals surface area contributed by atoms with Crippen LogP contribution >= 0.6 is 15.9 Å². The molecule has 0 aliphatic heterocycles. The van der Waals surface area contributed by atoms with Gasteiger partial charge in [-0.25, -0.2) is 9.50 Å². The zero-order chi connectivity index (χ0) is 14.1. The van der Waals surface area contributed by atoms with Crippen LogP contribution in [-0.2, 0) is 0 Å². The molecular weight excluding hydrogens is 320 g/mol. The van der Waals surface area contributed by atoms with E-state index in [1.54, 1.807) is 29.0 Å². The summed E-state index contributed by atoms with van der Waals surface area (Å²) in [6, 6.07) is 9.08. The van der Waals surface area contributed by atoms with E-state index in [9.17, 15) is 4.79 Å². The Bertz CT molecular complexity index is 797. The molecule has 0 aliphatic carbocycles. The summed E-state index contributed by atoms with van der Waals surface area (Å²) in [4.78, 5) is 16.4. The largest absolute Gasteiger partial charge is 0.319 e. The second-order valence-electron chi connectivity index (χ2n) is 4.40. The van der Waals surface area contributed by atoms with Crippen molar-refractivity contribution in [1.82, 2.24) is 14.6 Å². The third-order valence-corrected chi connectivity index (χ3v) is 3.27. The summed E-state index contributed by atoms with van der Waals surface area (Å²) in [5.41, 5.74) is 2.82. The number of hydrogen-bond acceptors (Lipinski definition) is 3. The van der Waals surface area contributed by atoms with Gasteiger partial charge in [-0.2, -0.15) is 5.10 Å². The summed E-state index contributed by atoms with van der Waals surface area (Å²) >= 11 is 3.34. The lowest BCUT2D eigenvalue weighted by Gasteiger charge is -2.05. The van der Waals surface area contributed by atoms with E-state index in [0.717, 1.165) is 15.8 Å². The van der Waals surface area contributed by atoms with Gasteiger partial charge in [-0.05, 0) is 25.1 Å². The molecule has 0 radical (unpaired) electrons. The second-order valence-corrected chi connectivity index (χ2v) is 5.31. The number of hydrogen-bond donors (Lipinski definition) is 1. The minimum atomic E-state index is -0.184. The number of benzene rings is 1. The number of amides is 1. The average Bonchev–Trinajstić information content (AvgIpc) is 2.78. The van der Waals surface area contributed by atoms with Gasteiger partial charge in [-0.1, -0.05) is 22.0 Å². The van der Waals surface area contributed by atoms with Crippen LogP contribution in [0.25, 0.3) is 5.65 Å².